The van der Waals surface area contributed by atoms with Gasteiger partial charge in [0.05, 0.1) is 18.9 Å². The van der Waals surface area contributed by atoms with Gasteiger partial charge in [-0.15, -0.1) is 0 Å². The number of nitrogens with two attached hydrogens (primary N) is 2. The summed E-state index contributed by atoms with van der Waals surface area (Å²) in [6.07, 6.45) is 2.43. The number of nitrogens with zero attached hydrogens (tertiary/aromatic N) is 1. The number of imidazole rings is 1. The molecule has 2 aromatic rings. The minimum Gasteiger partial charge on any atom is -0.508 e. The molecule has 0 radical (unpaired) electrons. The molecule has 0 aliphatic rings. The summed E-state index contributed by atoms with van der Waals surface area (Å²) in [7, 11) is 0. The Hall–Kier alpha value is -4.46. The van der Waals surface area contributed by atoms with Crippen LogP contribution >= 0.6 is 0 Å². The molecule has 0 aliphatic carbocycles. The number of hydrogen-bond donors (Lipinski definition) is 8. The number of phenols is 1. The third-order valence-electron chi connectivity index (χ3n) is 5.08. The average Bonchev–Trinajstić information content (AvgIpc) is 3.33. The van der Waals surface area contributed by atoms with Gasteiger partial charge in [-0.25, -0.2) is 9.78 Å². The monoisotopic (exact) mass is 503 g/mol. The number of nitrogens with one attached hydrogen (secondary N) is 4. The maximum Gasteiger partial charge on any atom is 0.326 e. The van der Waals surface area contributed by atoms with Gasteiger partial charge in [-0.1, -0.05) is 12.1 Å². The Kier molecular flexibility index (Phi) is 10.4. The minimum atomic E-state index is -1.40. The third kappa shape index (κ3) is 9.42. The van der Waals surface area contributed by atoms with Crippen molar-refractivity contribution < 1.29 is 34.2 Å². The van der Waals surface area contributed by atoms with Crippen LogP contribution in [0.3, 0.4) is 0 Å². The van der Waals surface area contributed by atoms with Gasteiger partial charge in [-0.05, 0) is 30.5 Å². The first kappa shape index (κ1) is 27.8. The van der Waals surface area contributed by atoms with E-state index in [9.17, 15) is 34.2 Å². The van der Waals surface area contributed by atoms with Crippen LogP contribution in [-0.4, -0.2) is 74.4 Å². The van der Waals surface area contributed by atoms with Crippen molar-refractivity contribution in [2.45, 2.75) is 43.8 Å². The van der Waals surface area contributed by atoms with Crippen molar-refractivity contribution in [3.63, 3.8) is 0 Å². The van der Waals surface area contributed by atoms with Crippen molar-refractivity contribution >= 4 is 29.6 Å². The SMILES string of the molecule is NC(=O)CCC(NC(=O)C(Cc1cnc[nH]1)NC(=O)CNC(=O)C(N)Cc1ccc(O)cc1)C(=O)O. The summed E-state index contributed by atoms with van der Waals surface area (Å²) in [4.78, 5) is 66.6. The highest BCUT2D eigenvalue weighted by molar-refractivity contribution is 5.92. The Morgan fingerprint density at radius 3 is 2.28 bits per heavy atom. The fourth-order valence-electron chi connectivity index (χ4n) is 3.16. The van der Waals surface area contributed by atoms with E-state index in [2.05, 4.69) is 25.9 Å². The van der Waals surface area contributed by atoms with Crippen molar-refractivity contribution in [2.75, 3.05) is 6.54 Å². The lowest BCUT2D eigenvalue weighted by atomic mass is 10.1. The fourth-order valence-corrected chi connectivity index (χ4v) is 3.16. The molecule has 3 unspecified atom stereocenters. The summed E-state index contributed by atoms with van der Waals surface area (Å²) in [5, 5.41) is 25.8. The molecule has 0 fully saturated rings. The van der Waals surface area contributed by atoms with E-state index in [1.54, 1.807) is 12.1 Å². The van der Waals surface area contributed by atoms with Crippen LogP contribution < -0.4 is 27.4 Å². The Bertz CT molecular complexity index is 1060. The van der Waals surface area contributed by atoms with Crippen LogP contribution in [0.15, 0.2) is 36.8 Å². The van der Waals surface area contributed by atoms with Gasteiger partial charge in [0.1, 0.15) is 17.8 Å². The van der Waals surface area contributed by atoms with Gasteiger partial charge in [0.15, 0.2) is 0 Å². The van der Waals surface area contributed by atoms with Crippen molar-refractivity contribution in [1.29, 1.82) is 0 Å². The predicted molar refractivity (Wildman–Crippen MR) is 125 cm³/mol. The van der Waals surface area contributed by atoms with Crippen LogP contribution in [0.5, 0.6) is 5.75 Å². The molecule has 4 amide bonds. The van der Waals surface area contributed by atoms with Crippen LogP contribution in [-0.2, 0) is 36.8 Å². The molecule has 36 heavy (non-hydrogen) atoms. The molecule has 0 saturated heterocycles. The first-order valence-corrected chi connectivity index (χ1v) is 10.9. The highest BCUT2D eigenvalue weighted by Gasteiger charge is 2.27. The summed E-state index contributed by atoms with van der Waals surface area (Å²) in [5.41, 5.74) is 12.1. The number of carbonyl (C=O) groups is 5. The Morgan fingerprint density at radius 1 is 1.00 bits per heavy atom. The molecule has 3 atom stereocenters. The molecule has 1 aromatic carbocycles. The normalized spacial score (nSPS) is 13.1. The molecule has 14 nitrogen and oxygen atoms in total. The van der Waals surface area contributed by atoms with Gasteiger partial charge in [-0.2, -0.15) is 0 Å². The second kappa shape index (κ2) is 13.4. The topological polar surface area (TPSA) is 243 Å². The summed E-state index contributed by atoms with van der Waals surface area (Å²) in [5.74, 6) is -4.16. The van der Waals surface area contributed by atoms with Crippen molar-refractivity contribution in [3.05, 3.63) is 48.0 Å². The second-order valence-corrected chi connectivity index (χ2v) is 8.00. The molecule has 0 bridgehead atoms. The van der Waals surface area contributed by atoms with E-state index in [0.717, 1.165) is 0 Å². The molecular weight excluding hydrogens is 474 g/mol. The fraction of sp³-hybridized carbons (Fsp3) is 0.364. The van der Waals surface area contributed by atoms with Crippen molar-refractivity contribution in [3.8, 4) is 5.75 Å². The summed E-state index contributed by atoms with van der Waals surface area (Å²) >= 11 is 0. The number of carboxylic acid groups (broad SMARTS) is 1. The van der Waals surface area contributed by atoms with E-state index in [1.165, 1.54) is 24.7 Å². The molecule has 14 heteroatoms. The molecule has 1 heterocycles. The maximum absolute atomic E-state index is 12.8. The largest absolute Gasteiger partial charge is 0.508 e. The van der Waals surface area contributed by atoms with Gasteiger partial charge in [0.2, 0.25) is 23.6 Å². The van der Waals surface area contributed by atoms with Gasteiger partial charge < -0.3 is 42.6 Å². The van der Waals surface area contributed by atoms with Gasteiger partial charge in [-0.3, -0.25) is 19.2 Å². The standard InChI is InChI=1S/C22H29N7O7/c23-15(7-12-1-3-14(30)4-2-12)20(33)26-10-19(32)28-17(8-13-9-25-11-27-13)21(34)29-16(22(35)36)5-6-18(24)31/h1-4,9,11,15-17,30H,5-8,10,23H2,(H2,24,31)(H,25,27)(H,26,33)(H,28,32)(H,29,34)(H,35,36). The zero-order valence-electron chi connectivity index (χ0n) is 19.3. The smallest absolute Gasteiger partial charge is 0.326 e. The van der Waals surface area contributed by atoms with E-state index < -0.39 is 54.3 Å². The van der Waals surface area contributed by atoms with Gasteiger partial charge in [0.25, 0.3) is 0 Å². The van der Waals surface area contributed by atoms with E-state index in [0.29, 0.717) is 11.3 Å². The van der Waals surface area contributed by atoms with Crippen molar-refractivity contribution in [2.24, 2.45) is 11.5 Å². The quantitative estimate of drug-likeness (QED) is 0.137. The van der Waals surface area contributed by atoms with Crippen LogP contribution in [0.1, 0.15) is 24.1 Å². The first-order chi connectivity index (χ1) is 17.0. The lowest BCUT2D eigenvalue weighted by Gasteiger charge is -2.21. The highest BCUT2D eigenvalue weighted by atomic mass is 16.4. The second-order valence-electron chi connectivity index (χ2n) is 8.00. The number of aliphatic carboxylic acids is 1. The third-order valence-corrected chi connectivity index (χ3v) is 5.08. The summed E-state index contributed by atoms with van der Waals surface area (Å²) in [6.45, 7) is -0.487. The van der Waals surface area contributed by atoms with Crippen LogP contribution in [0.25, 0.3) is 0 Å². The predicted octanol–water partition coefficient (Wildman–Crippen LogP) is -2.34. The lowest BCUT2D eigenvalue weighted by Crippen LogP contribution is -2.54. The van der Waals surface area contributed by atoms with E-state index >= 15 is 0 Å². The van der Waals surface area contributed by atoms with Gasteiger partial charge >= 0.3 is 5.97 Å². The number of H-pyrrole nitrogens is 1. The minimum absolute atomic E-state index is 0.0476. The number of carbonyl (C=O) groups excluding carboxylic acids is 4. The number of rotatable bonds is 14. The highest BCUT2D eigenvalue weighted by Crippen LogP contribution is 2.11. The van der Waals surface area contributed by atoms with Crippen LogP contribution in [0, 0.1) is 0 Å². The molecule has 194 valence electrons. The Labute approximate surface area is 205 Å². The maximum atomic E-state index is 12.8. The number of aromatic nitrogens is 2. The number of hydrogen-bond acceptors (Lipinski definition) is 8. The number of primary amides is 1. The van der Waals surface area contributed by atoms with Gasteiger partial charge in [0, 0.05) is 24.7 Å². The number of aromatic amines is 1. The molecular formula is C22H29N7O7. The van der Waals surface area contributed by atoms with E-state index in [4.69, 9.17) is 11.5 Å². The molecule has 10 N–H and O–H groups in total. The number of benzene rings is 1. The zero-order chi connectivity index (χ0) is 26.7. The van der Waals surface area contributed by atoms with Crippen molar-refractivity contribution in [1.82, 2.24) is 25.9 Å². The number of carboxylic acids is 1. The average molecular weight is 504 g/mol. The Balaban J connectivity index is 1.96. The number of amides is 4. The molecule has 2 rings (SSSR count). The first-order valence-electron chi connectivity index (χ1n) is 10.9. The molecule has 0 aliphatic heterocycles. The number of phenolic OH excluding ortho intramolecular Hbond substituents is 1. The number of aromatic hydroxyl groups is 1. The van der Waals surface area contributed by atoms with Crippen LogP contribution in [0.4, 0.5) is 0 Å². The lowest BCUT2D eigenvalue weighted by molar-refractivity contribution is -0.142. The van der Waals surface area contributed by atoms with E-state index in [-0.39, 0.29) is 31.4 Å². The zero-order valence-corrected chi connectivity index (χ0v) is 19.3. The molecule has 0 spiro atoms. The van der Waals surface area contributed by atoms with E-state index in [1.807, 2.05) is 0 Å². The Morgan fingerprint density at radius 2 is 1.69 bits per heavy atom. The summed E-state index contributed by atoms with van der Waals surface area (Å²) in [6, 6.07) is 2.57. The summed E-state index contributed by atoms with van der Waals surface area (Å²) < 4.78 is 0. The molecule has 0 saturated carbocycles. The van der Waals surface area contributed by atoms with Crippen LogP contribution in [0.2, 0.25) is 0 Å². The molecule has 1 aromatic heterocycles.